The van der Waals surface area contributed by atoms with Crippen LogP contribution in [-0.4, -0.2) is 30.5 Å². The molecular formula is C12H27NO2. The van der Waals surface area contributed by atoms with Crippen molar-refractivity contribution < 1.29 is 9.84 Å². The number of aliphatic hydroxyl groups is 1. The van der Waals surface area contributed by atoms with Crippen LogP contribution in [0.3, 0.4) is 0 Å². The first-order chi connectivity index (χ1) is 6.77. The van der Waals surface area contributed by atoms with Crippen LogP contribution in [0.5, 0.6) is 0 Å². The molecule has 0 aromatic heterocycles. The molecule has 0 radical (unpaired) electrons. The summed E-state index contributed by atoms with van der Waals surface area (Å²) in [6.07, 6.45) is 0.814. The molecule has 0 amide bonds. The topological polar surface area (TPSA) is 55.5 Å². The first-order valence-electron chi connectivity index (χ1n) is 5.72. The summed E-state index contributed by atoms with van der Waals surface area (Å²) in [5, 5.41) is 9.44. The average Bonchev–Trinajstić information content (AvgIpc) is 2.10. The van der Waals surface area contributed by atoms with Gasteiger partial charge in [-0.25, -0.2) is 0 Å². The third-order valence-electron chi connectivity index (χ3n) is 3.08. The van der Waals surface area contributed by atoms with E-state index in [0.29, 0.717) is 19.1 Å². The van der Waals surface area contributed by atoms with Gasteiger partial charge in [-0.15, -0.1) is 0 Å². The smallest absolute Gasteiger partial charge is 0.0598 e. The Morgan fingerprint density at radius 1 is 1.27 bits per heavy atom. The number of hydrogen-bond donors (Lipinski definition) is 2. The third kappa shape index (κ3) is 4.96. The highest BCUT2D eigenvalue weighted by atomic mass is 16.5. The average molecular weight is 217 g/mol. The van der Waals surface area contributed by atoms with E-state index in [2.05, 4.69) is 13.8 Å². The molecule has 3 nitrogen and oxygen atoms in total. The molecule has 0 heterocycles. The van der Waals surface area contributed by atoms with Crippen LogP contribution in [0.15, 0.2) is 0 Å². The standard InChI is InChI=1S/C12H27NO2/c1-10(2)12(8-13,9-14)6-7-15-11(3,4)5/h10,14H,6-9,13H2,1-5H3. The van der Waals surface area contributed by atoms with Gasteiger partial charge >= 0.3 is 0 Å². The van der Waals surface area contributed by atoms with E-state index in [-0.39, 0.29) is 17.6 Å². The normalized spacial score (nSPS) is 16.8. The molecule has 3 N–H and O–H groups in total. The molecule has 0 aromatic rings. The van der Waals surface area contributed by atoms with Gasteiger partial charge in [0.2, 0.25) is 0 Å². The minimum Gasteiger partial charge on any atom is -0.396 e. The molecule has 0 aliphatic heterocycles. The van der Waals surface area contributed by atoms with E-state index in [0.717, 1.165) is 6.42 Å². The van der Waals surface area contributed by atoms with Crippen LogP contribution in [0.4, 0.5) is 0 Å². The van der Waals surface area contributed by atoms with Crippen LogP contribution < -0.4 is 5.73 Å². The number of aliphatic hydroxyl groups excluding tert-OH is 1. The Morgan fingerprint density at radius 2 is 1.80 bits per heavy atom. The molecule has 0 saturated carbocycles. The second-order valence-electron chi connectivity index (χ2n) is 5.59. The van der Waals surface area contributed by atoms with Gasteiger partial charge in [0.15, 0.2) is 0 Å². The SMILES string of the molecule is CC(C)C(CN)(CO)CCOC(C)(C)C. The Labute approximate surface area is 94.0 Å². The molecule has 0 aliphatic carbocycles. The maximum absolute atomic E-state index is 9.44. The minimum atomic E-state index is -0.189. The first-order valence-corrected chi connectivity index (χ1v) is 5.72. The maximum atomic E-state index is 9.44. The van der Waals surface area contributed by atoms with Crippen molar-refractivity contribution in [2.24, 2.45) is 17.1 Å². The molecule has 1 unspecified atom stereocenters. The Hall–Kier alpha value is -0.120. The molecule has 0 spiro atoms. The molecule has 0 fully saturated rings. The summed E-state index contributed by atoms with van der Waals surface area (Å²) < 4.78 is 5.67. The summed E-state index contributed by atoms with van der Waals surface area (Å²) in [6.45, 7) is 11.6. The second-order valence-corrected chi connectivity index (χ2v) is 5.59. The molecule has 0 aliphatic rings. The van der Waals surface area contributed by atoms with Crippen molar-refractivity contribution in [3.63, 3.8) is 0 Å². The van der Waals surface area contributed by atoms with Crippen molar-refractivity contribution in [3.05, 3.63) is 0 Å². The van der Waals surface area contributed by atoms with Crippen molar-refractivity contribution in [3.8, 4) is 0 Å². The summed E-state index contributed by atoms with van der Waals surface area (Å²) in [7, 11) is 0. The molecule has 92 valence electrons. The largest absolute Gasteiger partial charge is 0.396 e. The lowest BCUT2D eigenvalue weighted by atomic mass is 9.75. The van der Waals surface area contributed by atoms with Crippen LogP contribution in [0.2, 0.25) is 0 Å². The van der Waals surface area contributed by atoms with Gasteiger partial charge < -0.3 is 15.6 Å². The number of hydrogen-bond acceptors (Lipinski definition) is 3. The summed E-state index contributed by atoms with van der Waals surface area (Å²) >= 11 is 0. The van der Waals surface area contributed by atoms with Crippen molar-refractivity contribution in [2.45, 2.75) is 46.6 Å². The Balaban J connectivity index is 4.19. The zero-order valence-electron chi connectivity index (χ0n) is 10.8. The highest BCUT2D eigenvalue weighted by Gasteiger charge is 2.31. The van der Waals surface area contributed by atoms with Gasteiger partial charge in [0.1, 0.15) is 0 Å². The molecule has 0 bridgehead atoms. The van der Waals surface area contributed by atoms with Gasteiger partial charge in [-0.05, 0) is 33.1 Å². The van der Waals surface area contributed by atoms with Crippen molar-refractivity contribution in [1.82, 2.24) is 0 Å². The highest BCUT2D eigenvalue weighted by Crippen LogP contribution is 2.30. The fourth-order valence-corrected chi connectivity index (χ4v) is 1.51. The van der Waals surface area contributed by atoms with Crippen molar-refractivity contribution in [2.75, 3.05) is 19.8 Å². The summed E-state index contributed by atoms with van der Waals surface area (Å²) in [6, 6.07) is 0. The molecule has 15 heavy (non-hydrogen) atoms. The lowest BCUT2D eigenvalue weighted by molar-refractivity contribution is -0.0345. The molecular weight excluding hydrogens is 190 g/mol. The molecule has 3 heteroatoms. The zero-order chi connectivity index (χ0) is 12.1. The molecule has 0 saturated heterocycles. The number of ether oxygens (including phenoxy) is 1. The fraction of sp³-hybridized carbons (Fsp3) is 1.00. The first kappa shape index (κ1) is 14.9. The van der Waals surface area contributed by atoms with E-state index in [1.54, 1.807) is 0 Å². The zero-order valence-corrected chi connectivity index (χ0v) is 10.8. The minimum absolute atomic E-state index is 0.118. The monoisotopic (exact) mass is 217 g/mol. The van der Waals surface area contributed by atoms with E-state index in [1.807, 2.05) is 20.8 Å². The highest BCUT2D eigenvalue weighted by molar-refractivity contribution is 4.83. The predicted octanol–water partition coefficient (Wildman–Crippen LogP) is 1.78. The summed E-state index contributed by atoms with van der Waals surface area (Å²) in [5.74, 6) is 0.371. The van der Waals surface area contributed by atoms with E-state index in [9.17, 15) is 5.11 Å². The van der Waals surface area contributed by atoms with Crippen LogP contribution in [-0.2, 0) is 4.74 Å². The summed E-state index contributed by atoms with van der Waals surface area (Å²) in [5.41, 5.74) is 5.45. The van der Waals surface area contributed by atoms with Crippen LogP contribution >= 0.6 is 0 Å². The van der Waals surface area contributed by atoms with E-state index < -0.39 is 0 Å². The fourth-order valence-electron chi connectivity index (χ4n) is 1.51. The van der Waals surface area contributed by atoms with Gasteiger partial charge in [0.05, 0.1) is 12.2 Å². The number of nitrogens with two attached hydrogens (primary N) is 1. The predicted molar refractivity (Wildman–Crippen MR) is 63.7 cm³/mol. The molecule has 0 rings (SSSR count). The van der Waals surface area contributed by atoms with Crippen molar-refractivity contribution in [1.29, 1.82) is 0 Å². The quantitative estimate of drug-likeness (QED) is 0.713. The third-order valence-corrected chi connectivity index (χ3v) is 3.08. The van der Waals surface area contributed by atoms with Gasteiger partial charge in [0, 0.05) is 18.6 Å². The van der Waals surface area contributed by atoms with E-state index in [1.165, 1.54) is 0 Å². The Morgan fingerprint density at radius 3 is 2.07 bits per heavy atom. The Kier molecular flexibility index (Phi) is 5.78. The van der Waals surface area contributed by atoms with Crippen LogP contribution in [0, 0.1) is 11.3 Å². The van der Waals surface area contributed by atoms with Gasteiger partial charge in [-0.1, -0.05) is 13.8 Å². The lowest BCUT2D eigenvalue weighted by Crippen LogP contribution is -2.40. The van der Waals surface area contributed by atoms with E-state index in [4.69, 9.17) is 10.5 Å². The van der Waals surface area contributed by atoms with Gasteiger partial charge in [-0.3, -0.25) is 0 Å². The van der Waals surface area contributed by atoms with E-state index >= 15 is 0 Å². The summed E-state index contributed by atoms with van der Waals surface area (Å²) in [4.78, 5) is 0. The number of rotatable bonds is 6. The van der Waals surface area contributed by atoms with Crippen LogP contribution in [0.1, 0.15) is 41.0 Å². The Bertz CT molecular complexity index is 169. The molecule has 1 atom stereocenters. The maximum Gasteiger partial charge on any atom is 0.0598 e. The van der Waals surface area contributed by atoms with Crippen molar-refractivity contribution >= 4 is 0 Å². The van der Waals surface area contributed by atoms with Gasteiger partial charge in [0.25, 0.3) is 0 Å². The lowest BCUT2D eigenvalue weighted by Gasteiger charge is -2.35. The molecule has 0 aromatic carbocycles. The second kappa shape index (κ2) is 5.83. The van der Waals surface area contributed by atoms with Gasteiger partial charge in [-0.2, -0.15) is 0 Å². The van der Waals surface area contributed by atoms with Crippen LogP contribution in [0.25, 0.3) is 0 Å².